The largest absolute Gasteiger partial charge is 0.351 e. The Labute approximate surface area is 144 Å². The number of primary amides is 1. The van der Waals surface area contributed by atoms with E-state index in [0.717, 1.165) is 11.6 Å². The first kappa shape index (κ1) is 17.2. The predicted octanol–water partition coefficient (Wildman–Crippen LogP) is 3.14. The van der Waals surface area contributed by atoms with Crippen molar-refractivity contribution in [3.63, 3.8) is 0 Å². The number of anilines is 1. The highest BCUT2D eigenvalue weighted by atomic mass is 16.2. The molecule has 5 N–H and O–H groups in total. The van der Waals surface area contributed by atoms with Crippen LogP contribution in [0.5, 0.6) is 0 Å². The standard InChI is InChI=1S/C19H30N4O/c1-13(14-8-10-15(11-9-14)23-19(20)24)22-18-7-4-5-16(18)17-6-2-3-12-21-17/h8-11,13,16-18,21-22H,2-7,12H2,1H3,(H3,20,23,24). The van der Waals surface area contributed by atoms with E-state index in [2.05, 4.69) is 35.0 Å². The highest BCUT2D eigenvalue weighted by Crippen LogP contribution is 2.33. The zero-order valence-electron chi connectivity index (χ0n) is 14.6. The van der Waals surface area contributed by atoms with Crippen LogP contribution in [0.4, 0.5) is 10.5 Å². The van der Waals surface area contributed by atoms with Gasteiger partial charge in [-0.2, -0.15) is 0 Å². The van der Waals surface area contributed by atoms with E-state index in [1.807, 2.05) is 12.1 Å². The highest BCUT2D eigenvalue weighted by Gasteiger charge is 2.34. The molecule has 0 radical (unpaired) electrons. The van der Waals surface area contributed by atoms with E-state index >= 15 is 0 Å². The molecule has 2 aliphatic rings. The molecule has 1 aliphatic carbocycles. The minimum Gasteiger partial charge on any atom is -0.351 e. The SMILES string of the molecule is CC(NC1CCCC1C1CCCCN1)c1ccc(NC(N)=O)cc1. The summed E-state index contributed by atoms with van der Waals surface area (Å²) in [5.74, 6) is 0.753. The molecular formula is C19H30N4O. The van der Waals surface area contributed by atoms with Crippen LogP contribution in [0.3, 0.4) is 0 Å². The molecule has 4 atom stereocenters. The topological polar surface area (TPSA) is 79.2 Å². The number of benzene rings is 1. The molecule has 2 amide bonds. The molecule has 0 bridgehead atoms. The van der Waals surface area contributed by atoms with Crippen LogP contribution in [0.15, 0.2) is 24.3 Å². The molecule has 1 saturated carbocycles. The van der Waals surface area contributed by atoms with Crippen molar-refractivity contribution in [3.05, 3.63) is 29.8 Å². The summed E-state index contributed by atoms with van der Waals surface area (Å²) >= 11 is 0. The van der Waals surface area contributed by atoms with E-state index in [9.17, 15) is 4.79 Å². The molecule has 132 valence electrons. The Hall–Kier alpha value is -1.59. The molecule has 24 heavy (non-hydrogen) atoms. The number of carbonyl (C=O) groups excluding carboxylic acids is 1. The number of amides is 2. The minimum atomic E-state index is -0.525. The van der Waals surface area contributed by atoms with Crippen molar-refractivity contribution in [2.24, 2.45) is 11.7 Å². The van der Waals surface area contributed by atoms with Crippen LogP contribution in [-0.2, 0) is 0 Å². The molecule has 1 aromatic rings. The van der Waals surface area contributed by atoms with Crippen LogP contribution in [0.1, 0.15) is 57.1 Å². The quantitative estimate of drug-likeness (QED) is 0.670. The number of nitrogens with one attached hydrogen (secondary N) is 3. The monoisotopic (exact) mass is 330 g/mol. The average molecular weight is 330 g/mol. The number of nitrogens with two attached hydrogens (primary N) is 1. The first-order chi connectivity index (χ1) is 11.6. The average Bonchev–Trinajstić information content (AvgIpc) is 3.04. The Bertz CT molecular complexity index is 539. The fourth-order valence-electron chi connectivity index (χ4n) is 4.34. The van der Waals surface area contributed by atoms with Gasteiger partial charge < -0.3 is 21.7 Å². The van der Waals surface area contributed by atoms with E-state index in [4.69, 9.17) is 5.73 Å². The van der Waals surface area contributed by atoms with E-state index in [1.165, 1.54) is 50.6 Å². The van der Waals surface area contributed by atoms with Crippen LogP contribution in [0.2, 0.25) is 0 Å². The van der Waals surface area contributed by atoms with Crippen molar-refractivity contribution in [1.82, 2.24) is 10.6 Å². The van der Waals surface area contributed by atoms with Crippen LogP contribution < -0.4 is 21.7 Å². The lowest BCUT2D eigenvalue weighted by Gasteiger charge is -2.34. The maximum absolute atomic E-state index is 10.9. The highest BCUT2D eigenvalue weighted by molar-refractivity contribution is 5.87. The molecule has 5 heteroatoms. The van der Waals surface area contributed by atoms with E-state index in [1.54, 1.807) is 0 Å². The molecule has 4 unspecified atom stereocenters. The molecule has 0 spiro atoms. The maximum atomic E-state index is 10.9. The van der Waals surface area contributed by atoms with Crippen molar-refractivity contribution in [1.29, 1.82) is 0 Å². The zero-order chi connectivity index (χ0) is 16.9. The summed E-state index contributed by atoms with van der Waals surface area (Å²) in [6.45, 7) is 3.40. The van der Waals surface area contributed by atoms with E-state index in [0.29, 0.717) is 18.1 Å². The van der Waals surface area contributed by atoms with Gasteiger partial charge in [0.1, 0.15) is 0 Å². The van der Waals surface area contributed by atoms with Gasteiger partial charge in [-0.25, -0.2) is 4.79 Å². The number of piperidine rings is 1. The van der Waals surface area contributed by atoms with Crippen LogP contribution in [0.25, 0.3) is 0 Å². The fourth-order valence-corrected chi connectivity index (χ4v) is 4.34. The summed E-state index contributed by atoms with van der Waals surface area (Å²) in [5, 5.41) is 10.2. The van der Waals surface area contributed by atoms with Crippen molar-refractivity contribution < 1.29 is 4.79 Å². The number of carbonyl (C=O) groups is 1. The van der Waals surface area contributed by atoms with E-state index in [-0.39, 0.29) is 0 Å². The summed E-state index contributed by atoms with van der Waals surface area (Å²) in [5.41, 5.74) is 7.13. The van der Waals surface area contributed by atoms with Gasteiger partial charge in [-0.1, -0.05) is 25.0 Å². The van der Waals surface area contributed by atoms with Crippen LogP contribution in [-0.4, -0.2) is 24.7 Å². The lowest BCUT2D eigenvalue weighted by molar-refractivity contribution is 0.248. The number of rotatable bonds is 5. The summed E-state index contributed by atoms with van der Waals surface area (Å²) in [6, 6.07) is 9.01. The van der Waals surface area contributed by atoms with Gasteiger partial charge in [0, 0.05) is 23.8 Å². The van der Waals surface area contributed by atoms with Gasteiger partial charge in [0.2, 0.25) is 0 Å². The van der Waals surface area contributed by atoms with Gasteiger partial charge >= 0.3 is 6.03 Å². The van der Waals surface area contributed by atoms with Crippen LogP contribution >= 0.6 is 0 Å². The first-order valence-electron chi connectivity index (χ1n) is 9.29. The number of hydrogen-bond donors (Lipinski definition) is 4. The summed E-state index contributed by atoms with van der Waals surface area (Å²) in [7, 11) is 0. The summed E-state index contributed by atoms with van der Waals surface area (Å²) in [6.07, 6.45) is 7.95. The van der Waals surface area contributed by atoms with Gasteiger partial charge in [0.05, 0.1) is 0 Å². The van der Waals surface area contributed by atoms with Gasteiger partial charge in [-0.3, -0.25) is 0 Å². The Morgan fingerprint density at radius 1 is 1.17 bits per heavy atom. The molecular weight excluding hydrogens is 300 g/mol. The van der Waals surface area contributed by atoms with E-state index < -0.39 is 6.03 Å². The normalized spacial score (nSPS) is 28.5. The second-order valence-electron chi connectivity index (χ2n) is 7.26. The Kier molecular flexibility index (Phi) is 5.74. The van der Waals surface area contributed by atoms with Crippen molar-refractivity contribution in [2.75, 3.05) is 11.9 Å². The van der Waals surface area contributed by atoms with Gasteiger partial charge in [0.15, 0.2) is 0 Å². The third-order valence-electron chi connectivity index (χ3n) is 5.58. The van der Waals surface area contributed by atoms with Crippen molar-refractivity contribution >= 4 is 11.7 Å². The lowest BCUT2D eigenvalue weighted by atomic mass is 9.88. The van der Waals surface area contributed by atoms with Crippen LogP contribution in [0, 0.1) is 5.92 Å². The molecule has 0 aromatic heterocycles. The Morgan fingerprint density at radius 3 is 2.62 bits per heavy atom. The maximum Gasteiger partial charge on any atom is 0.316 e. The predicted molar refractivity (Wildman–Crippen MR) is 98.0 cm³/mol. The Balaban J connectivity index is 1.58. The molecule has 5 nitrogen and oxygen atoms in total. The molecule has 1 heterocycles. The van der Waals surface area contributed by atoms with Crippen molar-refractivity contribution in [3.8, 4) is 0 Å². The van der Waals surface area contributed by atoms with Gasteiger partial charge in [0.25, 0.3) is 0 Å². The van der Waals surface area contributed by atoms with Gasteiger partial charge in [-0.05, 0) is 62.8 Å². The third kappa shape index (κ3) is 4.28. The zero-order valence-corrected chi connectivity index (χ0v) is 14.6. The summed E-state index contributed by atoms with van der Waals surface area (Å²) in [4.78, 5) is 10.9. The Morgan fingerprint density at radius 2 is 1.96 bits per heavy atom. The first-order valence-corrected chi connectivity index (χ1v) is 9.29. The molecule has 1 aliphatic heterocycles. The molecule has 1 aromatic carbocycles. The fraction of sp³-hybridized carbons (Fsp3) is 0.632. The number of hydrogen-bond acceptors (Lipinski definition) is 3. The second kappa shape index (κ2) is 7.99. The molecule has 1 saturated heterocycles. The third-order valence-corrected chi connectivity index (χ3v) is 5.58. The van der Waals surface area contributed by atoms with Gasteiger partial charge in [-0.15, -0.1) is 0 Å². The molecule has 3 rings (SSSR count). The van der Waals surface area contributed by atoms with Crippen molar-refractivity contribution in [2.45, 2.75) is 63.6 Å². The number of urea groups is 1. The lowest BCUT2D eigenvalue weighted by Crippen LogP contribution is -2.47. The minimum absolute atomic E-state index is 0.307. The summed E-state index contributed by atoms with van der Waals surface area (Å²) < 4.78 is 0. The molecule has 2 fully saturated rings. The second-order valence-corrected chi connectivity index (χ2v) is 7.26. The smallest absolute Gasteiger partial charge is 0.316 e.